The van der Waals surface area contributed by atoms with Crippen LogP contribution in [0.5, 0.6) is 5.75 Å². The zero-order valence-electron chi connectivity index (χ0n) is 10.6. The Balaban J connectivity index is 2.25. The number of phenolic OH excluding ortho intramolecular Hbond substituents is 1. The number of anilines is 1. The predicted octanol–water partition coefficient (Wildman–Crippen LogP) is 2.70. The van der Waals surface area contributed by atoms with Crippen molar-refractivity contribution in [2.45, 2.75) is 13.3 Å². The number of aromatic nitrogens is 2. The molecule has 0 saturated heterocycles. The summed E-state index contributed by atoms with van der Waals surface area (Å²) in [7, 11) is 1.80. The van der Waals surface area contributed by atoms with Crippen molar-refractivity contribution < 1.29 is 9.90 Å². The minimum Gasteiger partial charge on any atom is -0.507 e. The van der Waals surface area contributed by atoms with E-state index in [2.05, 4.69) is 26.3 Å². The second-order valence-corrected chi connectivity index (χ2v) is 5.05. The van der Waals surface area contributed by atoms with Crippen LogP contribution in [0.3, 0.4) is 0 Å². The van der Waals surface area contributed by atoms with Crippen LogP contribution in [0.15, 0.2) is 28.9 Å². The van der Waals surface area contributed by atoms with Crippen LogP contribution >= 0.6 is 15.9 Å². The van der Waals surface area contributed by atoms with E-state index in [4.69, 9.17) is 0 Å². The van der Waals surface area contributed by atoms with Gasteiger partial charge in [0.15, 0.2) is 0 Å². The smallest absolute Gasteiger partial charge is 0.259 e. The van der Waals surface area contributed by atoms with Gasteiger partial charge in [-0.15, -0.1) is 0 Å². The number of hydrogen-bond acceptors (Lipinski definition) is 3. The van der Waals surface area contributed by atoms with E-state index in [1.54, 1.807) is 30.1 Å². The van der Waals surface area contributed by atoms with Crippen LogP contribution in [0.25, 0.3) is 0 Å². The largest absolute Gasteiger partial charge is 0.507 e. The molecule has 1 amide bonds. The molecule has 0 atom stereocenters. The third-order valence-electron chi connectivity index (χ3n) is 2.69. The molecule has 0 aliphatic rings. The summed E-state index contributed by atoms with van der Waals surface area (Å²) < 4.78 is 2.37. The topological polar surface area (TPSA) is 67.2 Å². The van der Waals surface area contributed by atoms with Gasteiger partial charge in [0, 0.05) is 17.7 Å². The van der Waals surface area contributed by atoms with Crippen LogP contribution in [0, 0.1) is 0 Å². The Bertz CT molecular complexity index is 622. The lowest BCUT2D eigenvalue weighted by Gasteiger charge is -2.06. The number of amides is 1. The minimum atomic E-state index is -0.354. The molecule has 2 aromatic rings. The van der Waals surface area contributed by atoms with Gasteiger partial charge >= 0.3 is 0 Å². The number of carbonyl (C=O) groups is 1. The third kappa shape index (κ3) is 2.96. The van der Waals surface area contributed by atoms with E-state index in [0.29, 0.717) is 5.69 Å². The van der Waals surface area contributed by atoms with Crippen LogP contribution in [-0.4, -0.2) is 20.8 Å². The van der Waals surface area contributed by atoms with Crippen molar-refractivity contribution in [2.24, 2.45) is 7.05 Å². The van der Waals surface area contributed by atoms with Crippen molar-refractivity contribution in [1.29, 1.82) is 0 Å². The van der Waals surface area contributed by atoms with E-state index in [0.717, 1.165) is 16.6 Å². The Morgan fingerprint density at radius 1 is 1.53 bits per heavy atom. The van der Waals surface area contributed by atoms with Gasteiger partial charge in [0.2, 0.25) is 0 Å². The van der Waals surface area contributed by atoms with E-state index in [9.17, 15) is 9.90 Å². The quantitative estimate of drug-likeness (QED) is 0.912. The SMILES string of the molecule is CCc1nn(C)cc1NC(=O)c1ccc(Br)cc1O. The molecule has 0 radical (unpaired) electrons. The van der Waals surface area contributed by atoms with Crippen molar-refractivity contribution in [3.8, 4) is 5.75 Å². The van der Waals surface area contributed by atoms with Gasteiger partial charge in [-0.1, -0.05) is 22.9 Å². The van der Waals surface area contributed by atoms with Gasteiger partial charge in [-0.05, 0) is 24.6 Å². The number of aryl methyl sites for hydroxylation is 2. The average Bonchev–Trinajstić information content (AvgIpc) is 2.69. The average molecular weight is 324 g/mol. The number of halogens is 1. The second-order valence-electron chi connectivity index (χ2n) is 4.13. The minimum absolute atomic E-state index is 0.0613. The molecule has 2 N–H and O–H groups in total. The Kier molecular flexibility index (Phi) is 3.90. The molecule has 0 aliphatic carbocycles. The number of benzene rings is 1. The van der Waals surface area contributed by atoms with Crippen LogP contribution in [0.1, 0.15) is 23.0 Å². The maximum absolute atomic E-state index is 12.1. The fraction of sp³-hybridized carbons (Fsp3) is 0.231. The highest BCUT2D eigenvalue weighted by Gasteiger charge is 2.14. The summed E-state index contributed by atoms with van der Waals surface area (Å²) in [6.07, 6.45) is 2.47. The molecule has 1 aromatic carbocycles. The summed E-state index contributed by atoms with van der Waals surface area (Å²) in [6.45, 7) is 1.97. The van der Waals surface area contributed by atoms with Crippen molar-refractivity contribution >= 4 is 27.5 Å². The lowest BCUT2D eigenvalue weighted by Crippen LogP contribution is -2.12. The standard InChI is InChI=1S/C13H14BrN3O2/c1-3-10-11(7-17(2)16-10)15-13(19)9-5-4-8(14)6-12(9)18/h4-7,18H,3H2,1-2H3,(H,15,19). The lowest BCUT2D eigenvalue weighted by atomic mass is 10.2. The van der Waals surface area contributed by atoms with E-state index in [1.807, 2.05) is 6.92 Å². The molecule has 1 heterocycles. The summed E-state index contributed by atoms with van der Waals surface area (Å²) in [5.41, 5.74) is 1.71. The van der Waals surface area contributed by atoms with Gasteiger partial charge in [-0.25, -0.2) is 0 Å². The van der Waals surface area contributed by atoms with Crippen molar-refractivity contribution in [1.82, 2.24) is 9.78 Å². The van der Waals surface area contributed by atoms with Crippen molar-refractivity contribution in [2.75, 3.05) is 5.32 Å². The molecule has 5 nitrogen and oxygen atoms in total. The Labute approximate surface area is 119 Å². The molecule has 6 heteroatoms. The number of hydrogen-bond donors (Lipinski definition) is 2. The molecule has 19 heavy (non-hydrogen) atoms. The van der Waals surface area contributed by atoms with Crippen LogP contribution < -0.4 is 5.32 Å². The Hall–Kier alpha value is -1.82. The summed E-state index contributed by atoms with van der Waals surface area (Å²) >= 11 is 3.23. The summed E-state index contributed by atoms with van der Waals surface area (Å²) in [5, 5.41) is 16.8. The Morgan fingerprint density at radius 2 is 2.26 bits per heavy atom. The predicted molar refractivity (Wildman–Crippen MR) is 76.3 cm³/mol. The molecule has 0 bridgehead atoms. The zero-order valence-corrected chi connectivity index (χ0v) is 12.2. The second kappa shape index (κ2) is 5.44. The van der Waals surface area contributed by atoms with E-state index in [1.165, 1.54) is 6.07 Å². The van der Waals surface area contributed by atoms with Crippen LogP contribution in [0.2, 0.25) is 0 Å². The highest BCUT2D eigenvalue weighted by atomic mass is 79.9. The van der Waals surface area contributed by atoms with Crippen LogP contribution in [0.4, 0.5) is 5.69 Å². The highest BCUT2D eigenvalue weighted by molar-refractivity contribution is 9.10. The first-order valence-corrected chi connectivity index (χ1v) is 6.63. The monoisotopic (exact) mass is 323 g/mol. The molecule has 2 rings (SSSR count). The summed E-state index contributed by atoms with van der Waals surface area (Å²) in [4.78, 5) is 12.1. The zero-order chi connectivity index (χ0) is 14.0. The number of nitrogens with zero attached hydrogens (tertiary/aromatic N) is 2. The first kappa shape index (κ1) is 13.6. The number of phenols is 1. The molecule has 0 spiro atoms. The number of aromatic hydroxyl groups is 1. The first-order valence-electron chi connectivity index (χ1n) is 5.83. The maximum atomic E-state index is 12.1. The maximum Gasteiger partial charge on any atom is 0.259 e. The fourth-order valence-corrected chi connectivity index (χ4v) is 2.14. The normalized spacial score (nSPS) is 10.5. The molecule has 1 aromatic heterocycles. The van der Waals surface area contributed by atoms with Gasteiger partial charge in [0.25, 0.3) is 5.91 Å². The number of nitrogens with one attached hydrogen (secondary N) is 1. The van der Waals surface area contributed by atoms with Gasteiger partial charge in [-0.3, -0.25) is 9.48 Å². The van der Waals surface area contributed by atoms with Gasteiger partial charge in [0.05, 0.1) is 16.9 Å². The van der Waals surface area contributed by atoms with E-state index in [-0.39, 0.29) is 17.2 Å². The van der Waals surface area contributed by atoms with Crippen molar-refractivity contribution in [3.05, 3.63) is 40.1 Å². The molecule has 0 saturated carbocycles. The molecule has 0 aliphatic heterocycles. The fourth-order valence-electron chi connectivity index (χ4n) is 1.79. The molecular weight excluding hydrogens is 310 g/mol. The van der Waals surface area contributed by atoms with Gasteiger partial charge in [-0.2, -0.15) is 5.10 Å². The van der Waals surface area contributed by atoms with Crippen molar-refractivity contribution in [3.63, 3.8) is 0 Å². The third-order valence-corrected chi connectivity index (χ3v) is 3.19. The summed E-state index contributed by atoms with van der Waals surface area (Å²) in [6, 6.07) is 4.76. The summed E-state index contributed by atoms with van der Waals surface area (Å²) in [5.74, 6) is -0.415. The first-order chi connectivity index (χ1) is 9.01. The molecule has 0 fully saturated rings. The number of carbonyl (C=O) groups excluding carboxylic acids is 1. The molecule has 100 valence electrons. The van der Waals surface area contributed by atoms with Gasteiger partial charge < -0.3 is 10.4 Å². The van der Waals surface area contributed by atoms with E-state index < -0.39 is 0 Å². The van der Waals surface area contributed by atoms with Gasteiger partial charge in [0.1, 0.15) is 5.75 Å². The van der Waals surface area contributed by atoms with Crippen LogP contribution in [-0.2, 0) is 13.5 Å². The lowest BCUT2D eigenvalue weighted by molar-refractivity contribution is 0.102. The highest BCUT2D eigenvalue weighted by Crippen LogP contribution is 2.24. The Morgan fingerprint density at radius 3 is 2.89 bits per heavy atom. The molecule has 0 unspecified atom stereocenters. The molecular formula is C13H14BrN3O2. The van der Waals surface area contributed by atoms with E-state index >= 15 is 0 Å². The number of rotatable bonds is 3.